The third kappa shape index (κ3) is 5.96. The van der Waals surface area contributed by atoms with Gasteiger partial charge in [0.25, 0.3) is 0 Å². The molecule has 0 aliphatic heterocycles. The fourth-order valence-corrected chi connectivity index (χ4v) is 2.64. The Balaban J connectivity index is 1.74. The minimum absolute atomic E-state index is 0.0802. The van der Waals surface area contributed by atoms with Crippen LogP contribution < -0.4 is 9.47 Å². The molecular weight excluding hydrogens is 322 g/mol. The van der Waals surface area contributed by atoms with E-state index in [0.29, 0.717) is 26.0 Å². The summed E-state index contributed by atoms with van der Waals surface area (Å²) in [6, 6.07) is 7.64. The van der Waals surface area contributed by atoms with Crippen molar-refractivity contribution in [2.45, 2.75) is 38.6 Å². The molecule has 0 bridgehead atoms. The number of carbonyl (C=O) groups excluding carboxylic acids is 2. The Morgan fingerprint density at radius 2 is 1.80 bits per heavy atom. The Morgan fingerprint density at radius 1 is 1.16 bits per heavy atom. The lowest BCUT2D eigenvalue weighted by molar-refractivity contribution is -0.146. The van der Waals surface area contributed by atoms with Gasteiger partial charge >= 0.3 is 5.97 Å². The molecule has 2 rings (SSSR count). The van der Waals surface area contributed by atoms with Crippen molar-refractivity contribution >= 4 is 11.9 Å². The number of methoxy groups -OCH3 is 2. The monoisotopic (exact) mass is 349 g/mol. The second-order valence-corrected chi connectivity index (χ2v) is 6.33. The second kappa shape index (κ2) is 9.30. The number of amides is 1. The lowest BCUT2D eigenvalue weighted by atomic mass is 10.1. The van der Waals surface area contributed by atoms with Gasteiger partial charge in [0.1, 0.15) is 11.5 Å². The number of rotatable bonds is 10. The first-order valence-electron chi connectivity index (χ1n) is 8.69. The molecule has 0 radical (unpaired) electrons. The molecule has 0 aromatic heterocycles. The van der Waals surface area contributed by atoms with Crippen molar-refractivity contribution in [2.24, 2.45) is 5.92 Å². The Kier molecular flexibility index (Phi) is 7.10. The first-order valence-corrected chi connectivity index (χ1v) is 8.69. The van der Waals surface area contributed by atoms with Crippen LogP contribution in [-0.2, 0) is 14.3 Å². The standard InChI is InChI=1S/C19H27NO5/c1-14(19(22)24-3)13-20(15-6-7-15)18(21)5-4-12-25-17-10-8-16(23-2)9-11-17/h8-11,14-15H,4-7,12-13H2,1-3H3. The molecule has 6 nitrogen and oxygen atoms in total. The van der Waals surface area contributed by atoms with Crippen LogP contribution in [0.5, 0.6) is 11.5 Å². The first kappa shape index (κ1) is 19.1. The third-order valence-electron chi connectivity index (χ3n) is 4.25. The highest BCUT2D eigenvalue weighted by Crippen LogP contribution is 2.28. The summed E-state index contributed by atoms with van der Waals surface area (Å²) in [4.78, 5) is 25.9. The largest absolute Gasteiger partial charge is 0.497 e. The van der Waals surface area contributed by atoms with Crippen LogP contribution in [0, 0.1) is 5.92 Å². The SMILES string of the molecule is COC(=O)C(C)CN(C(=O)CCCOc1ccc(OC)cc1)C1CC1. The van der Waals surface area contributed by atoms with Crippen LogP contribution in [0.4, 0.5) is 0 Å². The molecule has 0 N–H and O–H groups in total. The number of hydrogen-bond acceptors (Lipinski definition) is 5. The quantitative estimate of drug-likeness (QED) is 0.480. The van der Waals surface area contributed by atoms with Crippen LogP contribution in [0.15, 0.2) is 24.3 Å². The fourth-order valence-electron chi connectivity index (χ4n) is 2.64. The molecule has 1 aromatic carbocycles. The predicted molar refractivity (Wildman–Crippen MR) is 93.6 cm³/mol. The maximum atomic E-state index is 12.5. The summed E-state index contributed by atoms with van der Waals surface area (Å²) >= 11 is 0. The van der Waals surface area contributed by atoms with Gasteiger partial charge in [0, 0.05) is 19.0 Å². The summed E-state index contributed by atoms with van der Waals surface area (Å²) < 4.78 is 15.5. The number of nitrogens with zero attached hydrogens (tertiary/aromatic N) is 1. The Bertz CT molecular complexity index is 568. The van der Waals surface area contributed by atoms with Gasteiger partial charge in [-0.2, -0.15) is 0 Å². The summed E-state index contributed by atoms with van der Waals surface area (Å²) in [6.45, 7) is 2.69. The van der Waals surface area contributed by atoms with Crippen molar-refractivity contribution < 1.29 is 23.8 Å². The topological polar surface area (TPSA) is 65.1 Å². The van der Waals surface area contributed by atoms with Crippen molar-refractivity contribution in [1.82, 2.24) is 4.90 Å². The molecule has 1 saturated carbocycles. The van der Waals surface area contributed by atoms with Crippen LogP contribution >= 0.6 is 0 Å². The molecule has 6 heteroatoms. The van der Waals surface area contributed by atoms with Gasteiger partial charge in [-0.15, -0.1) is 0 Å². The van der Waals surface area contributed by atoms with E-state index in [2.05, 4.69) is 0 Å². The molecule has 138 valence electrons. The van der Waals surface area contributed by atoms with Gasteiger partial charge in [0.2, 0.25) is 5.91 Å². The van der Waals surface area contributed by atoms with Crippen LogP contribution in [0.25, 0.3) is 0 Å². The van der Waals surface area contributed by atoms with E-state index in [-0.39, 0.29) is 23.8 Å². The average Bonchev–Trinajstić information content (AvgIpc) is 3.47. The molecule has 0 saturated heterocycles. The maximum absolute atomic E-state index is 12.5. The number of benzene rings is 1. The van der Waals surface area contributed by atoms with Crippen LogP contribution in [0.3, 0.4) is 0 Å². The van der Waals surface area contributed by atoms with Crippen molar-refractivity contribution in [2.75, 3.05) is 27.4 Å². The van der Waals surface area contributed by atoms with E-state index >= 15 is 0 Å². The van der Waals surface area contributed by atoms with Crippen molar-refractivity contribution in [3.05, 3.63) is 24.3 Å². The van der Waals surface area contributed by atoms with E-state index in [1.54, 1.807) is 14.0 Å². The van der Waals surface area contributed by atoms with Crippen LogP contribution in [0.1, 0.15) is 32.6 Å². The third-order valence-corrected chi connectivity index (χ3v) is 4.25. The summed E-state index contributed by atoms with van der Waals surface area (Å²) in [5.74, 6) is 1.04. The smallest absolute Gasteiger partial charge is 0.310 e. The zero-order valence-electron chi connectivity index (χ0n) is 15.2. The van der Waals surface area contributed by atoms with Gasteiger partial charge in [-0.25, -0.2) is 0 Å². The lowest BCUT2D eigenvalue weighted by Gasteiger charge is -2.25. The number of esters is 1. The molecule has 1 aliphatic carbocycles. The summed E-state index contributed by atoms with van der Waals surface area (Å²) in [5, 5.41) is 0. The van der Waals surface area contributed by atoms with Crippen molar-refractivity contribution in [3.63, 3.8) is 0 Å². The summed E-state index contributed by atoms with van der Waals surface area (Å²) in [5.41, 5.74) is 0. The Morgan fingerprint density at radius 3 is 2.36 bits per heavy atom. The van der Waals surface area contributed by atoms with Gasteiger partial charge in [-0.05, 0) is 43.5 Å². The highest BCUT2D eigenvalue weighted by molar-refractivity contribution is 5.78. The lowest BCUT2D eigenvalue weighted by Crippen LogP contribution is -2.38. The fraction of sp³-hybridized carbons (Fsp3) is 0.579. The van der Waals surface area contributed by atoms with Gasteiger partial charge in [-0.1, -0.05) is 6.92 Å². The zero-order valence-corrected chi connectivity index (χ0v) is 15.2. The molecule has 1 unspecified atom stereocenters. The van der Waals surface area contributed by atoms with E-state index in [9.17, 15) is 9.59 Å². The molecular formula is C19H27NO5. The van der Waals surface area contributed by atoms with Gasteiger partial charge < -0.3 is 19.1 Å². The van der Waals surface area contributed by atoms with E-state index < -0.39 is 0 Å². The number of hydrogen-bond donors (Lipinski definition) is 0. The maximum Gasteiger partial charge on any atom is 0.310 e. The van der Waals surface area contributed by atoms with E-state index in [4.69, 9.17) is 14.2 Å². The van der Waals surface area contributed by atoms with Crippen LogP contribution in [-0.4, -0.2) is 50.2 Å². The molecule has 1 aliphatic rings. The summed E-state index contributed by atoms with van der Waals surface area (Å²) in [6.07, 6.45) is 3.09. The first-order chi connectivity index (χ1) is 12.0. The minimum Gasteiger partial charge on any atom is -0.497 e. The normalized spacial score (nSPS) is 14.5. The highest BCUT2D eigenvalue weighted by atomic mass is 16.5. The highest BCUT2D eigenvalue weighted by Gasteiger charge is 2.34. The number of carbonyl (C=O) groups is 2. The van der Waals surface area contributed by atoms with Gasteiger partial charge in [-0.3, -0.25) is 9.59 Å². The molecule has 1 amide bonds. The molecule has 0 heterocycles. The van der Waals surface area contributed by atoms with Crippen molar-refractivity contribution in [3.8, 4) is 11.5 Å². The second-order valence-electron chi connectivity index (χ2n) is 6.33. The molecule has 1 fully saturated rings. The van der Waals surface area contributed by atoms with Gasteiger partial charge in [0.15, 0.2) is 0 Å². The molecule has 1 atom stereocenters. The number of ether oxygens (including phenoxy) is 3. The molecule has 0 spiro atoms. The Hall–Kier alpha value is -2.24. The van der Waals surface area contributed by atoms with Gasteiger partial charge in [0.05, 0.1) is 26.7 Å². The van der Waals surface area contributed by atoms with Crippen LogP contribution in [0.2, 0.25) is 0 Å². The molecule has 25 heavy (non-hydrogen) atoms. The van der Waals surface area contributed by atoms with E-state index in [1.165, 1.54) is 7.11 Å². The minimum atomic E-state index is -0.301. The Labute approximate surface area is 149 Å². The average molecular weight is 349 g/mol. The zero-order chi connectivity index (χ0) is 18.2. The van der Waals surface area contributed by atoms with E-state index in [0.717, 1.165) is 24.3 Å². The predicted octanol–water partition coefficient (Wildman–Crippen LogP) is 2.65. The molecule has 1 aromatic rings. The van der Waals surface area contributed by atoms with E-state index in [1.807, 2.05) is 29.2 Å². The van der Waals surface area contributed by atoms with Crippen molar-refractivity contribution in [1.29, 1.82) is 0 Å². The summed E-state index contributed by atoms with van der Waals surface area (Å²) in [7, 11) is 2.99.